The third-order valence-corrected chi connectivity index (χ3v) is 12.3. The number of fused-ring (bicyclic) bond motifs is 5. The number of aryl methyl sites for hydroxylation is 1. The van der Waals surface area contributed by atoms with Crippen LogP contribution < -0.4 is 24.8 Å². The first-order valence-corrected chi connectivity index (χ1v) is 15.6. The number of nitrogens with zero attached hydrogens (tertiary/aromatic N) is 2. The Morgan fingerprint density at radius 1 is 0.684 bits per heavy atom. The van der Waals surface area contributed by atoms with E-state index < -0.39 is 23.2 Å². The molecular weight excluding hydrogens is 587 g/mol. The summed E-state index contributed by atoms with van der Waals surface area (Å²) in [5.41, 5.74) is 11.9. The van der Waals surface area contributed by atoms with Gasteiger partial charge in [-0.25, -0.2) is 0 Å². The van der Waals surface area contributed by atoms with E-state index in [-0.39, 0.29) is 24.8 Å². The van der Waals surface area contributed by atoms with E-state index in [0.29, 0.717) is 9.67 Å². The molecule has 0 saturated heterocycles. The average molecular weight is 613 g/mol. The zero-order chi connectivity index (χ0) is 23.6. The van der Waals surface area contributed by atoms with E-state index in [1.807, 2.05) is 0 Å². The fraction of sp³-hybridized carbons (Fsp3) is 0.152. The minimum Gasteiger partial charge on any atom is -1.00 e. The molecule has 2 heterocycles. The van der Waals surface area contributed by atoms with Crippen LogP contribution in [0.5, 0.6) is 0 Å². The van der Waals surface area contributed by atoms with Gasteiger partial charge in [-0.05, 0) is 0 Å². The van der Waals surface area contributed by atoms with Gasteiger partial charge in [0.1, 0.15) is 0 Å². The van der Waals surface area contributed by atoms with Crippen LogP contribution >= 0.6 is 0 Å². The maximum atomic E-state index is 2.68. The predicted octanol–water partition coefficient (Wildman–Crippen LogP) is 1.72. The molecule has 3 aromatic carbocycles. The quantitative estimate of drug-likeness (QED) is 0.293. The molecule has 2 atom stereocenters. The van der Waals surface area contributed by atoms with Gasteiger partial charge in [0.2, 0.25) is 0 Å². The third kappa shape index (κ3) is 3.86. The first-order chi connectivity index (χ1) is 17.9. The average Bonchev–Trinajstić information content (AvgIpc) is 3.72. The molecule has 2 aromatic heterocycles. The number of hydrogen-bond donors (Lipinski definition) is 0. The number of rotatable bonds is 4. The van der Waals surface area contributed by atoms with Gasteiger partial charge < -0.3 is 24.8 Å². The molecular formula is C33H26Cl2N2Zr. The summed E-state index contributed by atoms with van der Waals surface area (Å²) in [6.07, 6.45) is 13.2. The molecule has 0 aliphatic heterocycles. The van der Waals surface area contributed by atoms with Crippen LogP contribution in [0.25, 0.3) is 28.8 Å². The monoisotopic (exact) mass is 610 g/mol. The zero-order valence-electron chi connectivity index (χ0n) is 20.8. The maximum absolute atomic E-state index is 2.68. The van der Waals surface area contributed by atoms with E-state index in [1.54, 1.807) is 14.5 Å². The molecule has 0 fully saturated rings. The molecule has 2 nitrogen and oxygen atoms in total. The van der Waals surface area contributed by atoms with Crippen LogP contribution in [0.2, 0.25) is 0 Å². The topological polar surface area (TPSA) is 9.86 Å². The van der Waals surface area contributed by atoms with Gasteiger partial charge in [-0.1, -0.05) is 0 Å². The van der Waals surface area contributed by atoms with Crippen LogP contribution in [0, 0.1) is 0 Å². The van der Waals surface area contributed by atoms with Gasteiger partial charge in [-0.3, -0.25) is 0 Å². The molecule has 5 aromatic rings. The molecule has 0 N–H and O–H groups in total. The zero-order valence-corrected chi connectivity index (χ0v) is 24.8. The molecule has 38 heavy (non-hydrogen) atoms. The Hall–Kier alpha value is -2.58. The fourth-order valence-corrected chi connectivity index (χ4v) is 11.2. The van der Waals surface area contributed by atoms with Gasteiger partial charge in [0.05, 0.1) is 0 Å². The molecule has 5 heteroatoms. The summed E-state index contributed by atoms with van der Waals surface area (Å²) < 4.78 is 7.27. The van der Waals surface area contributed by atoms with Crippen molar-refractivity contribution >= 4 is 28.8 Å². The van der Waals surface area contributed by atoms with E-state index in [2.05, 4.69) is 119 Å². The second kappa shape index (κ2) is 10.2. The van der Waals surface area contributed by atoms with Gasteiger partial charge in [0.25, 0.3) is 0 Å². The second-order valence-electron chi connectivity index (χ2n) is 10.2. The Labute approximate surface area is 247 Å². The van der Waals surface area contributed by atoms with Crippen LogP contribution in [-0.4, -0.2) is 9.13 Å². The van der Waals surface area contributed by atoms with Crippen LogP contribution in [0.3, 0.4) is 0 Å². The normalized spacial score (nSPS) is 18.5. The maximum Gasteiger partial charge on any atom is -1.00 e. The number of allylic oxidation sites excluding steroid dienone is 2. The summed E-state index contributed by atoms with van der Waals surface area (Å²) in [4.78, 5) is 0. The fourth-order valence-electron chi connectivity index (χ4n) is 6.72. The minimum atomic E-state index is -1.06. The first-order valence-electron chi connectivity index (χ1n) is 13.0. The first kappa shape index (κ1) is 25.7. The van der Waals surface area contributed by atoms with E-state index in [4.69, 9.17) is 0 Å². The second-order valence-corrected chi connectivity index (χ2v) is 13.7. The number of halogens is 2. The number of hydrogen-bond acceptors (Lipinski definition) is 0. The summed E-state index contributed by atoms with van der Waals surface area (Å²) in [7, 11) is 0. The Balaban J connectivity index is 0.00000132. The van der Waals surface area contributed by atoms with Gasteiger partial charge in [0, 0.05) is 0 Å². The van der Waals surface area contributed by atoms with E-state index in [0.717, 1.165) is 0 Å². The smallest absolute Gasteiger partial charge is 1.00 e. The van der Waals surface area contributed by atoms with Crippen LogP contribution in [0.1, 0.15) is 49.6 Å². The molecule has 3 aliphatic rings. The van der Waals surface area contributed by atoms with E-state index >= 15 is 0 Å². The van der Waals surface area contributed by atoms with E-state index in [1.165, 1.54) is 58.1 Å². The van der Waals surface area contributed by atoms with Crippen molar-refractivity contribution in [3.8, 4) is 0 Å². The van der Waals surface area contributed by atoms with Crippen molar-refractivity contribution in [2.24, 2.45) is 0 Å². The SMILES string of the molecule is C1=[C]([Zr+2][CH]2C(n3c4c(c5ccccc53)CCC4)=Cc3ccccc32)C(n2cccc2)c2ccccc21.[Cl-].[Cl-]. The van der Waals surface area contributed by atoms with Crippen molar-refractivity contribution in [3.63, 3.8) is 0 Å². The number of para-hydroxylation sites is 1. The summed E-state index contributed by atoms with van der Waals surface area (Å²) in [6.45, 7) is 0. The molecule has 186 valence electrons. The van der Waals surface area contributed by atoms with Crippen molar-refractivity contribution < 1.29 is 48.0 Å². The van der Waals surface area contributed by atoms with Gasteiger partial charge in [0.15, 0.2) is 0 Å². The summed E-state index contributed by atoms with van der Waals surface area (Å²) >= 11 is -1.06. The van der Waals surface area contributed by atoms with Gasteiger partial charge in [-0.15, -0.1) is 0 Å². The molecule has 3 aliphatic carbocycles. The largest absolute Gasteiger partial charge is 1.00 e. The van der Waals surface area contributed by atoms with Gasteiger partial charge >= 0.3 is 224 Å². The van der Waals surface area contributed by atoms with Crippen LogP contribution in [0.4, 0.5) is 0 Å². The molecule has 0 radical (unpaired) electrons. The number of aromatic nitrogens is 2. The van der Waals surface area contributed by atoms with Crippen molar-refractivity contribution in [1.29, 1.82) is 0 Å². The molecule has 0 spiro atoms. The summed E-state index contributed by atoms with van der Waals surface area (Å²) in [5.74, 6) is 0. The Morgan fingerprint density at radius 2 is 1.37 bits per heavy atom. The van der Waals surface area contributed by atoms with Crippen molar-refractivity contribution in [2.75, 3.05) is 0 Å². The summed E-state index contributed by atoms with van der Waals surface area (Å²) in [5, 5.41) is 1.46. The van der Waals surface area contributed by atoms with Crippen LogP contribution in [0.15, 0.2) is 101 Å². The van der Waals surface area contributed by atoms with E-state index in [9.17, 15) is 0 Å². The molecule has 0 saturated carbocycles. The Morgan fingerprint density at radius 3 is 2.18 bits per heavy atom. The van der Waals surface area contributed by atoms with Crippen molar-refractivity contribution in [2.45, 2.75) is 28.9 Å². The Kier molecular flexibility index (Phi) is 6.89. The Bertz CT molecular complexity index is 1710. The number of benzene rings is 3. The molecule has 8 rings (SSSR count). The van der Waals surface area contributed by atoms with Crippen molar-refractivity contribution in [1.82, 2.24) is 9.13 Å². The minimum absolute atomic E-state index is 0. The standard InChI is InChI=1S/C20H16N.C13H10N.2ClH.Zr/c1-2-7-15-13-16(12-14(15)6-1)21-19-10-4-3-8-17(19)18-9-5-11-20(18)21;1-2-6-12-11(5-1)7-8-13(12)14-9-3-4-10-14;;;/h1-4,6-8,10,12-13H,5,9,11H2;1-7,9-10,13H;2*1H;/q;;;;+2/p-2. The van der Waals surface area contributed by atoms with Crippen molar-refractivity contribution in [3.05, 3.63) is 134 Å². The predicted molar refractivity (Wildman–Crippen MR) is 144 cm³/mol. The molecule has 2 unspecified atom stereocenters. The van der Waals surface area contributed by atoms with Gasteiger partial charge in [-0.2, -0.15) is 0 Å². The third-order valence-electron chi connectivity index (χ3n) is 8.23. The summed E-state index contributed by atoms with van der Waals surface area (Å²) in [6, 6.07) is 31.9. The molecule has 0 bridgehead atoms. The van der Waals surface area contributed by atoms with Crippen LogP contribution in [-0.2, 0) is 36.1 Å². The molecule has 0 amide bonds.